The monoisotopic (exact) mass is 237 g/mol. The van der Waals surface area contributed by atoms with Crippen molar-refractivity contribution >= 4 is 5.69 Å². The smallest absolute Gasteiger partial charge is 0.290 e. The van der Waals surface area contributed by atoms with Crippen molar-refractivity contribution in [2.24, 2.45) is 13.0 Å². The van der Waals surface area contributed by atoms with Crippen LogP contribution in [0.15, 0.2) is 4.79 Å². The van der Waals surface area contributed by atoms with E-state index in [0.29, 0.717) is 17.5 Å². The average Bonchev–Trinajstić information content (AvgIpc) is 2.83. The summed E-state index contributed by atoms with van der Waals surface area (Å²) < 4.78 is 3.78. The van der Waals surface area contributed by atoms with Gasteiger partial charge in [-0.25, -0.2) is 4.68 Å². The van der Waals surface area contributed by atoms with Gasteiger partial charge in [0.05, 0.1) is 5.69 Å². The average molecular weight is 237 g/mol. The Labute approximate surface area is 102 Å². The second-order valence-electron chi connectivity index (χ2n) is 5.59. The van der Waals surface area contributed by atoms with Gasteiger partial charge in [-0.3, -0.25) is 9.48 Å². The van der Waals surface area contributed by atoms with Crippen LogP contribution in [0.25, 0.3) is 0 Å². The van der Waals surface area contributed by atoms with E-state index < -0.39 is 0 Å². The lowest BCUT2D eigenvalue weighted by Gasteiger charge is -2.15. The van der Waals surface area contributed by atoms with Crippen LogP contribution in [-0.4, -0.2) is 9.36 Å². The molecule has 0 radical (unpaired) electrons. The fourth-order valence-electron chi connectivity index (χ4n) is 2.92. The van der Waals surface area contributed by atoms with Crippen LogP contribution in [0.3, 0.4) is 0 Å². The number of rotatable bonds is 3. The molecule has 0 amide bonds. The number of aromatic nitrogens is 2. The zero-order chi connectivity index (χ0) is 12.6. The number of nitrogens with two attached hydrogens (primary N) is 1. The number of hydrogen-bond donors (Lipinski definition) is 1. The lowest BCUT2D eigenvalue weighted by molar-refractivity contribution is 0.404. The Bertz CT molecular complexity index is 450. The maximum Gasteiger partial charge on any atom is 0.290 e. The van der Waals surface area contributed by atoms with Crippen LogP contribution >= 0.6 is 0 Å². The van der Waals surface area contributed by atoms with Crippen molar-refractivity contribution in [1.82, 2.24) is 9.36 Å². The first-order valence-corrected chi connectivity index (χ1v) is 6.57. The Morgan fingerprint density at radius 2 is 1.94 bits per heavy atom. The summed E-state index contributed by atoms with van der Waals surface area (Å²) >= 11 is 0. The van der Waals surface area contributed by atoms with E-state index in [1.54, 1.807) is 4.68 Å². The Kier molecular flexibility index (Phi) is 3.31. The third-order valence-electron chi connectivity index (χ3n) is 3.73. The van der Waals surface area contributed by atoms with E-state index in [1.807, 2.05) is 11.7 Å². The minimum Gasteiger partial charge on any atom is -0.393 e. The zero-order valence-electron chi connectivity index (χ0n) is 11.1. The molecule has 0 saturated heterocycles. The summed E-state index contributed by atoms with van der Waals surface area (Å²) in [5, 5.41) is 0. The zero-order valence-corrected chi connectivity index (χ0v) is 11.1. The topological polar surface area (TPSA) is 52.9 Å². The molecule has 0 bridgehead atoms. The standard InChI is InChI=1S/C13H23N3O/c1-9(2)8-16-13(17)11(14)12(15(16)3)10-6-4-5-7-10/h9-10H,4-8,14H2,1-3H3. The normalized spacial score (nSPS) is 17.2. The predicted molar refractivity (Wildman–Crippen MR) is 70.1 cm³/mol. The molecule has 0 unspecified atom stereocenters. The second-order valence-corrected chi connectivity index (χ2v) is 5.59. The Balaban J connectivity index is 2.42. The van der Waals surface area contributed by atoms with Gasteiger partial charge in [0.15, 0.2) is 0 Å². The Morgan fingerprint density at radius 1 is 1.35 bits per heavy atom. The molecule has 96 valence electrons. The van der Waals surface area contributed by atoms with E-state index in [0.717, 1.165) is 12.2 Å². The van der Waals surface area contributed by atoms with Gasteiger partial charge in [0.1, 0.15) is 5.69 Å². The fourth-order valence-corrected chi connectivity index (χ4v) is 2.92. The van der Waals surface area contributed by atoms with Gasteiger partial charge in [-0.15, -0.1) is 0 Å². The molecule has 2 N–H and O–H groups in total. The molecule has 1 heterocycles. The molecule has 4 heteroatoms. The lowest BCUT2D eigenvalue weighted by Crippen LogP contribution is -2.25. The summed E-state index contributed by atoms with van der Waals surface area (Å²) in [6.07, 6.45) is 4.85. The maximum absolute atomic E-state index is 12.1. The Morgan fingerprint density at radius 3 is 2.47 bits per heavy atom. The third-order valence-corrected chi connectivity index (χ3v) is 3.73. The summed E-state index contributed by atoms with van der Waals surface area (Å²) in [6.45, 7) is 4.97. The molecule has 4 nitrogen and oxygen atoms in total. The molecule has 1 aromatic heterocycles. The van der Waals surface area contributed by atoms with Crippen LogP contribution in [0.2, 0.25) is 0 Å². The first-order chi connectivity index (χ1) is 8.02. The highest BCUT2D eigenvalue weighted by Crippen LogP contribution is 2.35. The molecule has 17 heavy (non-hydrogen) atoms. The summed E-state index contributed by atoms with van der Waals surface area (Å²) in [4.78, 5) is 12.1. The molecule has 0 aromatic carbocycles. The summed E-state index contributed by atoms with van der Waals surface area (Å²) in [6, 6.07) is 0. The summed E-state index contributed by atoms with van der Waals surface area (Å²) in [5.41, 5.74) is 7.53. The first kappa shape index (κ1) is 12.3. The van der Waals surface area contributed by atoms with Crippen LogP contribution in [0.1, 0.15) is 51.1 Å². The van der Waals surface area contributed by atoms with E-state index >= 15 is 0 Å². The maximum atomic E-state index is 12.1. The molecule has 1 fully saturated rings. The minimum atomic E-state index is -0.0110. The van der Waals surface area contributed by atoms with Gasteiger partial charge in [-0.1, -0.05) is 26.7 Å². The third kappa shape index (κ3) is 2.13. The van der Waals surface area contributed by atoms with Crippen LogP contribution in [0.4, 0.5) is 5.69 Å². The molecular formula is C13H23N3O. The molecule has 1 aromatic rings. The fraction of sp³-hybridized carbons (Fsp3) is 0.769. The van der Waals surface area contributed by atoms with Crippen LogP contribution in [0.5, 0.6) is 0 Å². The van der Waals surface area contributed by atoms with Crippen molar-refractivity contribution in [2.45, 2.75) is 52.0 Å². The second kappa shape index (κ2) is 4.59. The quantitative estimate of drug-likeness (QED) is 0.875. The van der Waals surface area contributed by atoms with Crippen molar-refractivity contribution in [3.05, 3.63) is 16.0 Å². The van der Waals surface area contributed by atoms with Gasteiger partial charge in [0.25, 0.3) is 5.56 Å². The van der Waals surface area contributed by atoms with Crippen LogP contribution in [0, 0.1) is 5.92 Å². The highest BCUT2D eigenvalue weighted by Gasteiger charge is 2.26. The predicted octanol–water partition coefficient (Wildman–Crippen LogP) is 2.08. The summed E-state index contributed by atoms with van der Waals surface area (Å²) in [5.74, 6) is 0.943. The molecule has 1 aliphatic rings. The largest absolute Gasteiger partial charge is 0.393 e. The lowest BCUT2D eigenvalue weighted by atomic mass is 10.0. The molecule has 1 saturated carbocycles. The van der Waals surface area contributed by atoms with E-state index in [2.05, 4.69) is 13.8 Å². The summed E-state index contributed by atoms with van der Waals surface area (Å²) in [7, 11) is 1.97. The van der Waals surface area contributed by atoms with Crippen LogP contribution < -0.4 is 11.3 Å². The van der Waals surface area contributed by atoms with E-state index in [1.165, 1.54) is 25.7 Å². The van der Waals surface area contributed by atoms with E-state index in [4.69, 9.17) is 5.73 Å². The van der Waals surface area contributed by atoms with Crippen molar-refractivity contribution in [3.8, 4) is 0 Å². The number of anilines is 1. The number of nitrogens with zero attached hydrogens (tertiary/aromatic N) is 2. The highest BCUT2D eigenvalue weighted by molar-refractivity contribution is 5.44. The van der Waals surface area contributed by atoms with Gasteiger partial charge in [0, 0.05) is 19.5 Å². The molecule has 0 spiro atoms. The molecule has 0 atom stereocenters. The number of hydrogen-bond acceptors (Lipinski definition) is 2. The van der Waals surface area contributed by atoms with E-state index in [9.17, 15) is 4.79 Å². The molecule has 2 rings (SSSR count). The molecular weight excluding hydrogens is 214 g/mol. The first-order valence-electron chi connectivity index (χ1n) is 6.57. The van der Waals surface area contributed by atoms with Gasteiger partial charge < -0.3 is 5.73 Å². The van der Waals surface area contributed by atoms with Crippen molar-refractivity contribution < 1.29 is 0 Å². The van der Waals surface area contributed by atoms with Crippen molar-refractivity contribution in [1.29, 1.82) is 0 Å². The van der Waals surface area contributed by atoms with E-state index in [-0.39, 0.29) is 5.56 Å². The molecule has 0 aliphatic heterocycles. The van der Waals surface area contributed by atoms with Crippen LogP contribution in [-0.2, 0) is 13.6 Å². The highest BCUT2D eigenvalue weighted by atomic mass is 16.1. The van der Waals surface area contributed by atoms with Gasteiger partial charge >= 0.3 is 0 Å². The Hall–Kier alpha value is -1.19. The van der Waals surface area contributed by atoms with Gasteiger partial charge in [-0.2, -0.15) is 0 Å². The van der Waals surface area contributed by atoms with Gasteiger partial charge in [-0.05, 0) is 18.8 Å². The van der Waals surface area contributed by atoms with Crippen molar-refractivity contribution in [3.63, 3.8) is 0 Å². The number of nitrogen functional groups attached to an aromatic ring is 1. The molecule has 1 aliphatic carbocycles. The minimum absolute atomic E-state index is 0.0110. The SMILES string of the molecule is CC(C)Cn1c(=O)c(N)c(C2CCCC2)n1C. The van der Waals surface area contributed by atoms with Gasteiger partial charge in [0.2, 0.25) is 0 Å². The van der Waals surface area contributed by atoms with Crippen molar-refractivity contribution in [2.75, 3.05) is 5.73 Å².